The maximum atomic E-state index is 5.83. The normalized spacial score (nSPS) is 11.4. The number of aromatic nitrogens is 3. The molecule has 0 fully saturated rings. The van der Waals surface area contributed by atoms with E-state index in [4.69, 9.17) is 16.3 Å². The van der Waals surface area contributed by atoms with Gasteiger partial charge in [0.1, 0.15) is 5.75 Å². The van der Waals surface area contributed by atoms with Crippen LogP contribution in [0.2, 0.25) is 5.02 Å². The highest BCUT2D eigenvalue weighted by atomic mass is 35.5. The third kappa shape index (κ3) is 4.75. The standard InChI is InChI=1S/C14H17ClN4O/c1-14(2,3)19-7-11-6-18-13(9-17-11)20-12-4-10(15)5-16-8-12/h4-6,8-9,19H,7H2,1-3H3. The minimum Gasteiger partial charge on any atom is -0.436 e. The van der Waals surface area contributed by atoms with Crippen LogP contribution in [0.3, 0.4) is 0 Å². The van der Waals surface area contributed by atoms with Crippen molar-refractivity contribution in [3.8, 4) is 11.6 Å². The third-order valence-corrected chi connectivity index (χ3v) is 2.59. The van der Waals surface area contributed by atoms with E-state index < -0.39 is 0 Å². The first-order valence-corrected chi connectivity index (χ1v) is 6.64. The van der Waals surface area contributed by atoms with Gasteiger partial charge in [0, 0.05) is 24.3 Å². The van der Waals surface area contributed by atoms with Gasteiger partial charge in [-0.05, 0) is 20.8 Å². The Morgan fingerprint density at radius 1 is 1.15 bits per heavy atom. The van der Waals surface area contributed by atoms with Crippen molar-refractivity contribution in [3.63, 3.8) is 0 Å². The second-order valence-corrected chi connectivity index (χ2v) is 5.83. The van der Waals surface area contributed by atoms with Crippen LogP contribution in [0.4, 0.5) is 0 Å². The first kappa shape index (κ1) is 14.7. The lowest BCUT2D eigenvalue weighted by molar-refractivity contribution is 0.418. The quantitative estimate of drug-likeness (QED) is 0.937. The van der Waals surface area contributed by atoms with Crippen LogP contribution in [0.15, 0.2) is 30.9 Å². The van der Waals surface area contributed by atoms with E-state index in [0.29, 0.717) is 23.2 Å². The lowest BCUT2D eigenvalue weighted by atomic mass is 10.1. The summed E-state index contributed by atoms with van der Waals surface area (Å²) in [4.78, 5) is 12.4. The Morgan fingerprint density at radius 3 is 2.55 bits per heavy atom. The number of pyridine rings is 1. The lowest BCUT2D eigenvalue weighted by Gasteiger charge is -2.19. The summed E-state index contributed by atoms with van der Waals surface area (Å²) < 4.78 is 5.52. The highest BCUT2D eigenvalue weighted by Crippen LogP contribution is 2.20. The molecule has 106 valence electrons. The van der Waals surface area contributed by atoms with Gasteiger partial charge in [0.2, 0.25) is 5.88 Å². The molecular weight excluding hydrogens is 276 g/mol. The number of nitrogens with zero attached hydrogens (tertiary/aromatic N) is 3. The minimum atomic E-state index is 0.0449. The molecule has 0 spiro atoms. The molecule has 2 aromatic heterocycles. The second-order valence-electron chi connectivity index (χ2n) is 5.39. The van der Waals surface area contributed by atoms with Crippen LogP contribution in [0.25, 0.3) is 0 Å². The van der Waals surface area contributed by atoms with E-state index >= 15 is 0 Å². The predicted molar refractivity (Wildman–Crippen MR) is 77.9 cm³/mol. The summed E-state index contributed by atoms with van der Waals surface area (Å²) in [6, 6.07) is 1.67. The van der Waals surface area contributed by atoms with Gasteiger partial charge in [-0.25, -0.2) is 4.98 Å². The summed E-state index contributed by atoms with van der Waals surface area (Å²) in [6.07, 6.45) is 6.39. The molecule has 20 heavy (non-hydrogen) atoms. The molecule has 0 bridgehead atoms. The zero-order valence-corrected chi connectivity index (χ0v) is 12.5. The molecule has 0 radical (unpaired) electrons. The number of rotatable bonds is 4. The summed E-state index contributed by atoms with van der Waals surface area (Å²) >= 11 is 5.83. The van der Waals surface area contributed by atoms with Crippen LogP contribution in [0.1, 0.15) is 26.5 Å². The van der Waals surface area contributed by atoms with Crippen molar-refractivity contribution in [2.75, 3.05) is 0 Å². The first-order valence-electron chi connectivity index (χ1n) is 6.27. The minimum absolute atomic E-state index is 0.0449. The molecule has 0 saturated carbocycles. The molecule has 6 heteroatoms. The van der Waals surface area contributed by atoms with Crippen LogP contribution in [-0.2, 0) is 6.54 Å². The van der Waals surface area contributed by atoms with Crippen LogP contribution in [0, 0.1) is 0 Å². The molecule has 5 nitrogen and oxygen atoms in total. The average Bonchev–Trinajstić information content (AvgIpc) is 2.37. The monoisotopic (exact) mass is 292 g/mol. The number of nitrogens with one attached hydrogen (secondary N) is 1. The van der Waals surface area contributed by atoms with Crippen molar-refractivity contribution in [2.24, 2.45) is 0 Å². The van der Waals surface area contributed by atoms with Gasteiger partial charge in [-0.3, -0.25) is 9.97 Å². The van der Waals surface area contributed by atoms with Gasteiger partial charge >= 0.3 is 0 Å². The Kier molecular flexibility index (Phi) is 4.52. The van der Waals surface area contributed by atoms with Gasteiger partial charge < -0.3 is 10.1 Å². The Morgan fingerprint density at radius 2 is 1.95 bits per heavy atom. The number of halogens is 1. The van der Waals surface area contributed by atoms with E-state index in [1.807, 2.05) is 0 Å². The van der Waals surface area contributed by atoms with Gasteiger partial charge in [-0.2, -0.15) is 0 Å². The van der Waals surface area contributed by atoms with Crippen molar-refractivity contribution in [3.05, 3.63) is 41.6 Å². The molecule has 0 amide bonds. The Hall–Kier alpha value is -1.72. The highest BCUT2D eigenvalue weighted by molar-refractivity contribution is 6.30. The van der Waals surface area contributed by atoms with Crippen LogP contribution < -0.4 is 10.1 Å². The van der Waals surface area contributed by atoms with Crippen LogP contribution >= 0.6 is 11.6 Å². The summed E-state index contributed by atoms with van der Waals surface area (Å²) in [5.41, 5.74) is 0.903. The Balaban J connectivity index is 1.98. The van der Waals surface area contributed by atoms with E-state index in [1.54, 1.807) is 30.9 Å². The summed E-state index contributed by atoms with van der Waals surface area (Å²) in [6.45, 7) is 6.97. The second kappa shape index (κ2) is 6.15. The van der Waals surface area contributed by atoms with Crippen molar-refractivity contribution >= 4 is 11.6 Å². The van der Waals surface area contributed by atoms with Gasteiger partial charge in [0.15, 0.2) is 0 Å². The van der Waals surface area contributed by atoms with Crippen molar-refractivity contribution in [2.45, 2.75) is 32.9 Å². The molecule has 0 aliphatic carbocycles. The predicted octanol–water partition coefficient (Wildman–Crippen LogP) is 3.21. The molecule has 2 rings (SSSR count). The maximum absolute atomic E-state index is 5.83. The third-order valence-electron chi connectivity index (χ3n) is 2.38. The smallest absolute Gasteiger partial charge is 0.237 e. The molecule has 0 aliphatic heterocycles. The lowest BCUT2D eigenvalue weighted by Crippen LogP contribution is -2.35. The van der Waals surface area contributed by atoms with E-state index in [1.165, 1.54) is 0 Å². The van der Waals surface area contributed by atoms with Crippen LogP contribution in [-0.4, -0.2) is 20.5 Å². The Labute approximate surface area is 123 Å². The number of ether oxygens (including phenoxy) is 1. The van der Waals surface area contributed by atoms with Gasteiger partial charge in [-0.1, -0.05) is 11.6 Å². The molecule has 2 aromatic rings. The zero-order valence-electron chi connectivity index (χ0n) is 11.7. The van der Waals surface area contributed by atoms with Crippen molar-refractivity contribution < 1.29 is 4.74 Å². The molecule has 0 unspecified atom stereocenters. The van der Waals surface area contributed by atoms with Crippen LogP contribution in [0.5, 0.6) is 11.6 Å². The molecule has 2 heterocycles. The molecular formula is C14H17ClN4O. The Bertz CT molecular complexity index is 566. The number of hydrogen-bond acceptors (Lipinski definition) is 5. The molecule has 0 aliphatic rings. The fourth-order valence-electron chi connectivity index (χ4n) is 1.41. The van der Waals surface area contributed by atoms with Gasteiger partial charge in [0.25, 0.3) is 0 Å². The molecule has 0 atom stereocenters. The summed E-state index contributed by atoms with van der Waals surface area (Å²) in [7, 11) is 0. The van der Waals surface area contributed by atoms with Crippen molar-refractivity contribution in [1.29, 1.82) is 0 Å². The molecule has 0 saturated heterocycles. The SMILES string of the molecule is CC(C)(C)NCc1cnc(Oc2cncc(Cl)c2)cn1. The van der Waals surface area contributed by atoms with E-state index in [0.717, 1.165) is 5.69 Å². The fourth-order valence-corrected chi connectivity index (χ4v) is 1.58. The fraction of sp³-hybridized carbons (Fsp3) is 0.357. The van der Waals surface area contributed by atoms with Gasteiger partial charge in [0.05, 0.1) is 29.3 Å². The molecule has 1 N–H and O–H groups in total. The topological polar surface area (TPSA) is 59.9 Å². The maximum Gasteiger partial charge on any atom is 0.237 e. The summed E-state index contributed by atoms with van der Waals surface area (Å²) in [5.74, 6) is 0.945. The largest absolute Gasteiger partial charge is 0.436 e. The average molecular weight is 293 g/mol. The summed E-state index contributed by atoms with van der Waals surface area (Å²) in [5, 5.41) is 3.86. The van der Waals surface area contributed by atoms with Crippen molar-refractivity contribution in [1.82, 2.24) is 20.3 Å². The zero-order chi connectivity index (χ0) is 14.6. The highest BCUT2D eigenvalue weighted by Gasteiger charge is 2.09. The van der Waals surface area contributed by atoms with E-state index in [2.05, 4.69) is 41.0 Å². The van der Waals surface area contributed by atoms with Gasteiger partial charge in [-0.15, -0.1) is 0 Å². The number of hydrogen-bond donors (Lipinski definition) is 1. The first-order chi connectivity index (χ1) is 9.42. The van der Waals surface area contributed by atoms with E-state index in [-0.39, 0.29) is 5.54 Å². The molecule has 0 aromatic carbocycles. The van der Waals surface area contributed by atoms with E-state index in [9.17, 15) is 0 Å².